The maximum atomic E-state index is 5.07. The molecule has 0 aliphatic heterocycles. The zero-order valence-corrected chi connectivity index (χ0v) is 12.6. The summed E-state index contributed by atoms with van der Waals surface area (Å²) in [5.41, 5.74) is 2.50. The fourth-order valence-corrected chi connectivity index (χ4v) is 1.20. The summed E-state index contributed by atoms with van der Waals surface area (Å²) < 4.78 is 0. The summed E-state index contributed by atoms with van der Waals surface area (Å²) in [5, 5.41) is 0. The Morgan fingerprint density at radius 3 is 2.35 bits per heavy atom. The van der Waals surface area contributed by atoms with Gasteiger partial charge in [-0.1, -0.05) is 13.3 Å². The van der Waals surface area contributed by atoms with Gasteiger partial charge in [-0.25, -0.2) is 23.8 Å². The molecule has 0 bridgehead atoms. The van der Waals surface area contributed by atoms with E-state index in [0.29, 0.717) is 0 Å². The van der Waals surface area contributed by atoms with E-state index in [2.05, 4.69) is 43.2 Å². The van der Waals surface area contributed by atoms with Gasteiger partial charge in [0.2, 0.25) is 0 Å². The van der Waals surface area contributed by atoms with Crippen LogP contribution in [-0.4, -0.2) is 0 Å². The van der Waals surface area contributed by atoms with E-state index in [9.17, 15) is 0 Å². The summed E-state index contributed by atoms with van der Waals surface area (Å²) in [7, 11) is 0. The van der Waals surface area contributed by atoms with E-state index in [1.54, 1.807) is 0 Å². The molecule has 0 fully saturated rings. The topological polar surface area (TPSA) is 0 Å². The van der Waals surface area contributed by atoms with Crippen LogP contribution in [0.2, 0.25) is 0 Å². The molecule has 0 nitrogen and oxygen atoms in total. The Kier molecular flexibility index (Phi) is 17.7. The van der Waals surface area contributed by atoms with Gasteiger partial charge >= 0.3 is 18.6 Å². The summed E-state index contributed by atoms with van der Waals surface area (Å²) in [6.45, 7) is 2.06. The van der Waals surface area contributed by atoms with Gasteiger partial charge in [-0.05, 0) is 0 Å². The van der Waals surface area contributed by atoms with Gasteiger partial charge < -0.3 is 24.8 Å². The van der Waals surface area contributed by atoms with Crippen LogP contribution in [-0.2, 0) is 18.6 Å². The van der Waals surface area contributed by atoms with Crippen LogP contribution < -0.4 is 24.8 Å². The maximum absolute atomic E-state index is 5.07. The average Bonchev–Trinajstić information content (AvgIpc) is 2.79. The molecule has 0 aromatic rings. The van der Waals surface area contributed by atoms with Crippen molar-refractivity contribution in [3.05, 3.63) is 47.6 Å². The van der Waals surface area contributed by atoms with Gasteiger partial charge in [-0.3, -0.25) is 12.2 Å². The van der Waals surface area contributed by atoms with E-state index in [1.807, 2.05) is 6.08 Å². The van der Waals surface area contributed by atoms with Crippen molar-refractivity contribution in [1.29, 1.82) is 0 Å². The first-order valence-corrected chi connectivity index (χ1v) is 4.76. The predicted octanol–water partition coefficient (Wildman–Crippen LogP) is -2.60. The van der Waals surface area contributed by atoms with E-state index in [1.165, 1.54) is 11.1 Å². The van der Waals surface area contributed by atoms with Gasteiger partial charge in [0.05, 0.1) is 0 Å². The van der Waals surface area contributed by atoms with Gasteiger partial charge in [0, 0.05) is 6.42 Å². The van der Waals surface area contributed by atoms with Crippen LogP contribution in [0.15, 0.2) is 35.5 Å². The van der Waals surface area contributed by atoms with Gasteiger partial charge in [-0.15, -0.1) is 18.8 Å². The second-order valence-corrected chi connectivity index (χ2v) is 3.20. The van der Waals surface area contributed by atoms with E-state index < -0.39 is 0 Å². The number of rotatable bonds is 1. The normalized spacial score (nSPS) is 13.9. The number of allylic oxidation sites excluding steroid dienone is 8. The zero-order valence-electron chi connectivity index (χ0n) is 9.71. The molecule has 89 valence electrons. The van der Waals surface area contributed by atoms with Gasteiger partial charge in [0.1, 0.15) is 0 Å². The Balaban J connectivity index is -0.000000201. The quantitative estimate of drug-likeness (QED) is 0.368. The first-order chi connectivity index (χ1) is 6.83. The van der Waals surface area contributed by atoms with E-state index in [4.69, 9.17) is 6.42 Å². The van der Waals surface area contributed by atoms with Crippen molar-refractivity contribution in [2.75, 3.05) is 0 Å². The molecule has 0 atom stereocenters. The van der Waals surface area contributed by atoms with Crippen molar-refractivity contribution in [3.8, 4) is 12.3 Å². The molecule has 0 amide bonds. The van der Waals surface area contributed by atoms with Crippen LogP contribution in [0.5, 0.6) is 0 Å². The summed E-state index contributed by atoms with van der Waals surface area (Å²) in [4.78, 5) is 0. The van der Waals surface area contributed by atoms with Crippen LogP contribution in [0.25, 0.3) is 0 Å². The first kappa shape index (κ1) is 21.9. The van der Waals surface area contributed by atoms with Crippen LogP contribution in [0.3, 0.4) is 0 Å². The Morgan fingerprint density at radius 1 is 1.35 bits per heavy atom. The van der Waals surface area contributed by atoms with E-state index in [0.717, 1.165) is 19.3 Å². The molecule has 0 saturated carbocycles. The van der Waals surface area contributed by atoms with Crippen molar-refractivity contribution < 1.29 is 43.4 Å². The number of hydrogen-bond acceptors (Lipinski definition) is 0. The fourth-order valence-electron chi connectivity index (χ4n) is 1.20. The molecule has 2 rings (SSSR count). The molecule has 0 unspecified atom stereocenters. The van der Waals surface area contributed by atoms with Crippen molar-refractivity contribution >= 4 is 0 Å². The molecule has 0 saturated heterocycles. The van der Waals surface area contributed by atoms with Gasteiger partial charge in [-0.2, -0.15) is 11.6 Å². The van der Waals surface area contributed by atoms with Gasteiger partial charge in [0.25, 0.3) is 0 Å². The van der Waals surface area contributed by atoms with E-state index in [-0.39, 0.29) is 43.4 Å². The predicted molar refractivity (Wildman–Crippen MR) is 60.2 cm³/mol. The first-order valence-electron chi connectivity index (χ1n) is 4.76. The molecule has 0 aromatic carbocycles. The molecular weight excluding hydrogens is 290 g/mol. The Hall–Kier alpha value is -0.316. The summed E-state index contributed by atoms with van der Waals surface area (Å²) in [5.74, 6) is 2.57. The molecule has 2 aliphatic rings. The Labute approximate surface area is 129 Å². The molecule has 0 aromatic heterocycles. The maximum Gasteiger partial charge on any atom is 4.00 e. The van der Waals surface area contributed by atoms with Crippen LogP contribution in [0.4, 0.5) is 0 Å². The van der Waals surface area contributed by atoms with Crippen molar-refractivity contribution in [1.82, 2.24) is 0 Å². The monoisotopic (exact) mass is 303 g/mol. The minimum atomic E-state index is 0. The molecule has 0 heterocycles. The summed E-state index contributed by atoms with van der Waals surface area (Å²) in [6.07, 6.45) is 22.2. The van der Waals surface area contributed by atoms with Gasteiger partial charge in [0.15, 0.2) is 0 Å². The summed E-state index contributed by atoms with van der Waals surface area (Å²) in [6, 6.07) is 0. The van der Waals surface area contributed by atoms with Crippen molar-refractivity contribution in [2.24, 2.45) is 0 Å². The minimum Gasteiger partial charge on any atom is -1.00 e. The molecule has 2 aliphatic carbocycles. The Morgan fingerprint density at radius 2 is 2.06 bits per heavy atom. The minimum absolute atomic E-state index is 0. The zero-order chi connectivity index (χ0) is 10.2. The molecular formula is C14H14Cl2V. The largest absolute Gasteiger partial charge is 4.00 e. The second-order valence-electron chi connectivity index (χ2n) is 3.20. The molecule has 0 spiro atoms. The van der Waals surface area contributed by atoms with Crippen molar-refractivity contribution in [2.45, 2.75) is 26.2 Å². The smallest absolute Gasteiger partial charge is 1.00 e. The Bertz CT molecular complexity index is 341. The average molecular weight is 304 g/mol. The third-order valence-corrected chi connectivity index (χ3v) is 1.95. The third kappa shape index (κ3) is 10.6. The standard InChI is InChI=1S/C8H7.C6H7.2ClH.V/c1-2-5-8-6-3-4-7-8;1-6-4-2-3-5-6;;;/h1,3-4H,5-6H2;2,4H,3H2,1H3;2*1H;/q2*-1;;;+4/p-2. The molecule has 17 heavy (non-hydrogen) atoms. The SMILES string of the molecule is C#CCC1=[C-]C=CC1.CC1=[C-]CC=C1.[Cl-].[Cl-].[V+4]. The number of hydrogen-bond donors (Lipinski definition) is 0. The van der Waals surface area contributed by atoms with Crippen LogP contribution >= 0.6 is 0 Å². The number of terminal acetylenes is 1. The van der Waals surface area contributed by atoms with Crippen molar-refractivity contribution in [3.63, 3.8) is 0 Å². The van der Waals surface area contributed by atoms with Crippen LogP contribution in [0, 0.1) is 24.5 Å². The second kappa shape index (κ2) is 13.7. The molecule has 1 radical (unpaired) electrons. The molecule has 0 N–H and O–H groups in total. The fraction of sp³-hybridized carbons (Fsp3) is 0.286. The summed E-state index contributed by atoms with van der Waals surface area (Å²) >= 11 is 0. The number of halogens is 2. The van der Waals surface area contributed by atoms with Crippen LogP contribution in [0.1, 0.15) is 26.2 Å². The molecule has 3 heteroatoms. The van der Waals surface area contributed by atoms with E-state index >= 15 is 0 Å². The third-order valence-electron chi connectivity index (χ3n) is 1.95.